The number of rotatable bonds is 19. The van der Waals surface area contributed by atoms with Crippen LogP contribution in [0.3, 0.4) is 0 Å². The van der Waals surface area contributed by atoms with Gasteiger partial charge in [0.15, 0.2) is 0 Å². The van der Waals surface area contributed by atoms with E-state index >= 15 is 0 Å². The van der Waals surface area contributed by atoms with E-state index in [0.29, 0.717) is 5.41 Å². The Morgan fingerprint density at radius 1 is 0.520 bits per heavy atom. The maximum atomic E-state index is 2.52. The SMILES string of the molecule is CCCCCCCCCCCCC(C)(C)C(C)CCCCCCCC. The lowest BCUT2D eigenvalue weighted by Gasteiger charge is -2.32. The number of hydrogen-bond donors (Lipinski definition) is 0. The summed E-state index contributed by atoms with van der Waals surface area (Å²) in [6.07, 6.45) is 26.0. The molecule has 0 amide bonds. The second-order valence-corrected chi connectivity index (χ2v) is 9.38. The summed E-state index contributed by atoms with van der Waals surface area (Å²) in [6, 6.07) is 0. The molecule has 0 aromatic carbocycles. The van der Waals surface area contributed by atoms with Crippen LogP contribution >= 0.6 is 0 Å². The predicted octanol–water partition coefficient (Wildman–Crippen LogP) is 9.71. The van der Waals surface area contributed by atoms with Gasteiger partial charge in [0.2, 0.25) is 0 Å². The molecule has 1 atom stereocenters. The lowest BCUT2D eigenvalue weighted by molar-refractivity contribution is 0.189. The molecule has 0 heterocycles. The third kappa shape index (κ3) is 15.9. The van der Waals surface area contributed by atoms with E-state index in [0.717, 1.165) is 5.92 Å². The first kappa shape index (κ1) is 25.0. The van der Waals surface area contributed by atoms with Crippen LogP contribution in [0.15, 0.2) is 0 Å². The Bertz CT molecular complexity index is 253. The van der Waals surface area contributed by atoms with Crippen LogP contribution in [0.1, 0.15) is 150 Å². The molecule has 0 bridgehead atoms. The predicted molar refractivity (Wildman–Crippen MR) is 117 cm³/mol. The minimum absolute atomic E-state index is 0.545. The van der Waals surface area contributed by atoms with E-state index in [4.69, 9.17) is 0 Å². The van der Waals surface area contributed by atoms with E-state index in [2.05, 4.69) is 34.6 Å². The molecule has 0 N–H and O–H groups in total. The third-order valence-corrected chi connectivity index (χ3v) is 6.50. The molecule has 1 unspecified atom stereocenters. The van der Waals surface area contributed by atoms with Crippen LogP contribution in [0.4, 0.5) is 0 Å². The Morgan fingerprint density at radius 3 is 1.32 bits per heavy atom. The number of hydrogen-bond acceptors (Lipinski definition) is 0. The molecule has 0 rings (SSSR count). The lowest BCUT2D eigenvalue weighted by Crippen LogP contribution is -2.21. The normalized spacial score (nSPS) is 13.3. The van der Waals surface area contributed by atoms with Gasteiger partial charge < -0.3 is 0 Å². The molecule has 0 fully saturated rings. The molecule has 0 nitrogen and oxygen atoms in total. The van der Waals surface area contributed by atoms with E-state index < -0.39 is 0 Å². The van der Waals surface area contributed by atoms with Crippen LogP contribution in [0.2, 0.25) is 0 Å². The fourth-order valence-corrected chi connectivity index (χ4v) is 3.94. The summed E-state index contributed by atoms with van der Waals surface area (Å²) >= 11 is 0. The third-order valence-electron chi connectivity index (χ3n) is 6.50. The Morgan fingerprint density at radius 2 is 0.880 bits per heavy atom. The smallest absolute Gasteiger partial charge is 0.0329 e. The molecule has 0 heteroatoms. The Labute approximate surface area is 161 Å². The summed E-state index contributed by atoms with van der Waals surface area (Å²) in [5.41, 5.74) is 0.545. The first-order valence-corrected chi connectivity index (χ1v) is 12.0. The van der Waals surface area contributed by atoms with Gasteiger partial charge in [0.1, 0.15) is 0 Å². The van der Waals surface area contributed by atoms with Crippen LogP contribution in [0, 0.1) is 11.3 Å². The molecule has 0 saturated carbocycles. The van der Waals surface area contributed by atoms with Crippen LogP contribution in [0.25, 0.3) is 0 Å². The van der Waals surface area contributed by atoms with Gasteiger partial charge in [-0.25, -0.2) is 0 Å². The first-order chi connectivity index (χ1) is 12.0. The average molecular weight is 353 g/mol. The van der Waals surface area contributed by atoms with Crippen molar-refractivity contribution in [2.75, 3.05) is 0 Å². The van der Waals surface area contributed by atoms with E-state index in [1.54, 1.807) is 0 Å². The Hall–Kier alpha value is 0. The molecule has 0 aliphatic heterocycles. The Kier molecular flexibility index (Phi) is 17.4. The van der Waals surface area contributed by atoms with Gasteiger partial charge in [0.25, 0.3) is 0 Å². The zero-order valence-electron chi connectivity index (χ0n) is 18.8. The van der Waals surface area contributed by atoms with Crippen LogP contribution < -0.4 is 0 Å². The minimum atomic E-state index is 0.545. The molecule has 0 aromatic rings. The monoisotopic (exact) mass is 352 g/mol. The Balaban J connectivity index is 3.52. The molecule has 0 aliphatic carbocycles. The van der Waals surface area contributed by atoms with E-state index in [9.17, 15) is 0 Å². The molecule has 0 radical (unpaired) electrons. The highest BCUT2D eigenvalue weighted by molar-refractivity contribution is 4.75. The fraction of sp³-hybridized carbons (Fsp3) is 1.00. The summed E-state index contributed by atoms with van der Waals surface area (Å²) in [6.45, 7) is 12.1. The molecule has 25 heavy (non-hydrogen) atoms. The maximum absolute atomic E-state index is 2.52. The van der Waals surface area contributed by atoms with Crippen molar-refractivity contribution in [3.8, 4) is 0 Å². The van der Waals surface area contributed by atoms with Crippen LogP contribution in [-0.2, 0) is 0 Å². The van der Waals surface area contributed by atoms with Gasteiger partial charge in [-0.2, -0.15) is 0 Å². The highest BCUT2D eigenvalue weighted by atomic mass is 14.3. The molecule has 0 aromatic heterocycles. The van der Waals surface area contributed by atoms with Crippen LogP contribution in [0.5, 0.6) is 0 Å². The minimum Gasteiger partial charge on any atom is -0.0654 e. The summed E-state index contributed by atoms with van der Waals surface area (Å²) in [4.78, 5) is 0. The quantitative estimate of drug-likeness (QED) is 0.203. The zero-order chi connectivity index (χ0) is 18.8. The summed E-state index contributed by atoms with van der Waals surface area (Å²) in [7, 11) is 0. The van der Waals surface area contributed by atoms with Crippen molar-refractivity contribution in [3.05, 3.63) is 0 Å². The second kappa shape index (κ2) is 17.4. The molecule has 152 valence electrons. The molecular formula is C25H52. The zero-order valence-corrected chi connectivity index (χ0v) is 18.8. The van der Waals surface area contributed by atoms with E-state index in [1.807, 2.05) is 0 Å². The van der Waals surface area contributed by atoms with Crippen molar-refractivity contribution >= 4 is 0 Å². The van der Waals surface area contributed by atoms with Crippen LogP contribution in [-0.4, -0.2) is 0 Å². The van der Waals surface area contributed by atoms with Gasteiger partial charge in [-0.05, 0) is 17.8 Å². The summed E-state index contributed by atoms with van der Waals surface area (Å²) < 4.78 is 0. The summed E-state index contributed by atoms with van der Waals surface area (Å²) in [5.74, 6) is 0.886. The van der Waals surface area contributed by atoms with E-state index in [1.165, 1.54) is 116 Å². The van der Waals surface area contributed by atoms with Gasteiger partial charge in [-0.3, -0.25) is 0 Å². The maximum Gasteiger partial charge on any atom is -0.0329 e. The fourth-order valence-electron chi connectivity index (χ4n) is 3.94. The van der Waals surface area contributed by atoms with Crippen molar-refractivity contribution < 1.29 is 0 Å². The van der Waals surface area contributed by atoms with Crippen molar-refractivity contribution in [2.45, 2.75) is 150 Å². The van der Waals surface area contributed by atoms with Gasteiger partial charge in [-0.1, -0.05) is 144 Å². The van der Waals surface area contributed by atoms with Crippen molar-refractivity contribution in [2.24, 2.45) is 11.3 Å². The van der Waals surface area contributed by atoms with Gasteiger partial charge in [0, 0.05) is 0 Å². The summed E-state index contributed by atoms with van der Waals surface area (Å²) in [5, 5.41) is 0. The average Bonchev–Trinajstić information content (AvgIpc) is 2.59. The van der Waals surface area contributed by atoms with Gasteiger partial charge in [-0.15, -0.1) is 0 Å². The van der Waals surface area contributed by atoms with E-state index in [-0.39, 0.29) is 0 Å². The molecule has 0 saturated heterocycles. The number of unbranched alkanes of at least 4 members (excludes halogenated alkanes) is 14. The second-order valence-electron chi connectivity index (χ2n) is 9.38. The molecular weight excluding hydrogens is 300 g/mol. The molecule has 0 aliphatic rings. The first-order valence-electron chi connectivity index (χ1n) is 12.0. The topological polar surface area (TPSA) is 0 Å². The standard InChI is InChI=1S/C25H52/c1-6-8-10-12-14-15-16-17-19-21-23-25(4,5)24(3)22-20-18-13-11-9-7-2/h24H,6-23H2,1-5H3. The van der Waals surface area contributed by atoms with Gasteiger partial charge in [0.05, 0.1) is 0 Å². The highest BCUT2D eigenvalue weighted by Crippen LogP contribution is 2.36. The lowest BCUT2D eigenvalue weighted by atomic mass is 9.74. The molecule has 0 spiro atoms. The highest BCUT2D eigenvalue weighted by Gasteiger charge is 2.24. The largest absolute Gasteiger partial charge is 0.0654 e. The van der Waals surface area contributed by atoms with Crippen molar-refractivity contribution in [1.29, 1.82) is 0 Å². The van der Waals surface area contributed by atoms with Gasteiger partial charge >= 0.3 is 0 Å². The van der Waals surface area contributed by atoms with Crippen molar-refractivity contribution in [1.82, 2.24) is 0 Å². The van der Waals surface area contributed by atoms with Crippen molar-refractivity contribution in [3.63, 3.8) is 0 Å².